The van der Waals surface area contributed by atoms with E-state index in [1.165, 1.54) is 6.07 Å². The van der Waals surface area contributed by atoms with Crippen molar-refractivity contribution in [3.63, 3.8) is 0 Å². The zero-order valence-electron chi connectivity index (χ0n) is 11.6. The zero-order valence-corrected chi connectivity index (χ0v) is 12.4. The van der Waals surface area contributed by atoms with Crippen LogP contribution in [0.1, 0.15) is 37.0 Å². The molecule has 0 unspecified atom stereocenters. The standard InChI is InChI=1S/C14H19ClN2O3/c1-9(2)17(7-3-4-13(18)19)12-6-5-10(15)8-11(12)14(16)20/h5-6,8-9H,3-4,7H2,1-2H3,(H2,16,20)(H,18,19). The van der Waals surface area contributed by atoms with Crippen molar-refractivity contribution in [2.24, 2.45) is 5.73 Å². The van der Waals surface area contributed by atoms with E-state index in [4.69, 9.17) is 22.4 Å². The van der Waals surface area contributed by atoms with Crippen LogP contribution < -0.4 is 10.6 Å². The second-order valence-electron chi connectivity index (χ2n) is 4.81. The number of primary amides is 1. The van der Waals surface area contributed by atoms with Crippen molar-refractivity contribution in [3.05, 3.63) is 28.8 Å². The fourth-order valence-corrected chi connectivity index (χ4v) is 2.19. The van der Waals surface area contributed by atoms with Crippen molar-refractivity contribution in [2.45, 2.75) is 32.7 Å². The second-order valence-corrected chi connectivity index (χ2v) is 5.25. The molecule has 20 heavy (non-hydrogen) atoms. The molecule has 0 aliphatic carbocycles. The average Bonchev–Trinajstić information content (AvgIpc) is 2.34. The van der Waals surface area contributed by atoms with Gasteiger partial charge in [-0.25, -0.2) is 0 Å². The molecule has 0 fully saturated rings. The number of hydrogen-bond acceptors (Lipinski definition) is 3. The van der Waals surface area contributed by atoms with E-state index in [1.807, 2.05) is 18.7 Å². The first-order chi connectivity index (χ1) is 9.32. The van der Waals surface area contributed by atoms with E-state index >= 15 is 0 Å². The van der Waals surface area contributed by atoms with Crippen molar-refractivity contribution in [1.29, 1.82) is 0 Å². The molecule has 0 atom stereocenters. The highest BCUT2D eigenvalue weighted by atomic mass is 35.5. The monoisotopic (exact) mass is 298 g/mol. The number of aliphatic carboxylic acids is 1. The van der Waals surface area contributed by atoms with Gasteiger partial charge < -0.3 is 15.7 Å². The number of nitrogens with zero attached hydrogens (tertiary/aromatic N) is 1. The number of benzene rings is 1. The maximum absolute atomic E-state index is 11.5. The van der Waals surface area contributed by atoms with E-state index in [-0.39, 0.29) is 12.5 Å². The van der Waals surface area contributed by atoms with Gasteiger partial charge in [-0.3, -0.25) is 9.59 Å². The highest BCUT2D eigenvalue weighted by Crippen LogP contribution is 2.26. The number of carboxylic acids is 1. The maximum Gasteiger partial charge on any atom is 0.303 e. The predicted octanol–water partition coefficient (Wildman–Crippen LogP) is 2.52. The Morgan fingerprint density at radius 3 is 2.55 bits per heavy atom. The molecule has 0 aliphatic rings. The summed E-state index contributed by atoms with van der Waals surface area (Å²) in [6, 6.07) is 5.08. The summed E-state index contributed by atoms with van der Waals surface area (Å²) in [6.07, 6.45) is 0.580. The summed E-state index contributed by atoms with van der Waals surface area (Å²) < 4.78 is 0. The number of amides is 1. The maximum atomic E-state index is 11.5. The molecule has 1 amide bonds. The van der Waals surface area contributed by atoms with E-state index in [0.29, 0.717) is 29.2 Å². The fraction of sp³-hybridized carbons (Fsp3) is 0.429. The van der Waals surface area contributed by atoms with Gasteiger partial charge in [-0.1, -0.05) is 11.6 Å². The van der Waals surface area contributed by atoms with Gasteiger partial charge in [0.05, 0.1) is 5.56 Å². The Bertz CT molecular complexity index is 503. The van der Waals surface area contributed by atoms with Gasteiger partial charge in [0.2, 0.25) is 0 Å². The average molecular weight is 299 g/mol. The molecule has 0 saturated carbocycles. The molecule has 0 spiro atoms. The molecule has 0 saturated heterocycles. The first kappa shape index (κ1) is 16.3. The molecular weight excluding hydrogens is 280 g/mol. The van der Waals surface area contributed by atoms with Crippen molar-refractivity contribution in [3.8, 4) is 0 Å². The van der Waals surface area contributed by atoms with Crippen LogP contribution in [-0.4, -0.2) is 29.6 Å². The SMILES string of the molecule is CC(C)N(CCCC(=O)O)c1ccc(Cl)cc1C(N)=O. The van der Waals surface area contributed by atoms with Gasteiger partial charge >= 0.3 is 5.97 Å². The van der Waals surface area contributed by atoms with E-state index in [9.17, 15) is 9.59 Å². The Kier molecular flexibility index (Phi) is 5.82. The molecule has 0 aromatic heterocycles. The van der Waals surface area contributed by atoms with Crippen LogP contribution >= 0.6 is 11.6 Å². The number of hydrogen-bond donors (Lipinski definition) is 2. The minimum Gasteiger partial charge on any atom is -0.481 e. The molecule has 1 aromatic rings. The first-order valence-corrected chi connectivity index (χ1v) is 6.78. The van der Waals surface area contributed by atoms with Crippen molar-refractivity contribution in [1.82, 2.24) is 0 Å². The van der Waals surface area contributed by atoms with Crippen LogP contribution in [0.15, 0.2) is 18.2 Å². The largest absolute Gasteiger partial charge is 0.481 e. The number of carboxylic acid groups (broad SMARTS) is 1. The fourth-order valence-electron chi connectivity index (χ4n) is 2.01. The van der Waals surface area contributed by atoms with Crippen LogP contribution in [0.5, 0.6) is 0 Å². The van der Waals surface area contributed by atoms with Crippen molar-refractivity contribution < 1.29 is 14.7 Å². The van der Waals surface area contributed by atoms with E-state index in [1.54, 1.807) is 12.1 Å². The molecule has 0 bridgehead atoms. The lowest BCUT2D eigenvalue weighted by molar-refractivity contribution is -0.137. The Labute approximate surface area is 123 Å². The zero-order chi connectivity index (χ0) is 15.3. The highest BCUT2D eigenvalue weighted by Gasteiger charge is 2.17. The summed E-state index contributed by atoms with van der Waals surface area (Å²) in [7, 11) is 0. The Hall–Kier alpha value is -1.75. The molecule has 1 aromatic carbocycles. The lowest BCUT2D eigenvalue weighted by Crippen LogP contribution is -2.34. The van der Waals surface area contributed by atoms with Gasteiger partial charge in [0, 0.05) is 29.7 Å². The molecular formula is C14H19ClN2O3. The Morgan fingerprint density at radius 2 is 2.05 bits per heavy atom. The molecule has 0 heterocycles. The lowest BCUT2D eigenvalue weighted by Gasteiger charge is -2.30. The number of carbonyl (C=O) groups is 2. The Morgan fingerprint density at radius 1 is 1.40 bits per heavy atom. The quantitative estimate of drug-likeness (QED) is 0.810. The normalized spacial score (nSPS) is 10.6. The van der Waals surface area contributed by atoms with Crippen LogP contribution in [0.2, 0.25) is 5.02 Å². The third-order valence-corrected chi connectivity index (χ3v) is 3.18. The summed E-state index contributed by atoms with van der Waals surface area (Å²) in [5.74, 6) is -1.38. The van der Waals surface area contributed by atoms with E-state index in [2.05, 4.69) is 0 Å². The van der Waals surface area contributed by atoms with E-state index in [0.717, 1.165) is 0 Å². The minimum atomic E-state index is -0.833. The highest BCUT2D eigenvalue weighted by molar-refractivity contribution is 6.31. The molecule has 1 rings (SSSR count). The van der Waals surface area contributed by atoms with Gasteiger partial charge in [-0.15, -0.1) is 0 Å². The van der Waals surface area contributed by atoms with Gasteiger partial charge in [0.1, 0.15) is 0 Å². The molecule has 0 radical (unpaired) electrons. The number of rotatable bonds is 7. The van der Waals surface area contributed by atoms with Gasteiger partial charge in [-0.2, -0.15) is 0 Å². The van der Waals surface area contributed by atoms with Crippen LogP contribution in [0, 0.1) is 0 Å². The van der Waals surface area contributed by atoms with Crippen LogP contribution in [0.25, 0.3) is 0 Å². The number of anilines is 1. The lowest BCUT2D eigenvalue weighted by atomic mass is 10.1. The number of halogens is 1. The summed E-state index contributed by atoms with van der Waals surface area (Å²) in [4.78, 5) is 24.1. The molecule has 6 heteroatoms. The van der Waals surface area contributed by atoms with Crippen LogP contribution in [0.3, 0.4) is 0 Å². The molecule has 5 nitrogen and oxygen atoms in total. The van der Waals surface area contributed by atoms with Crippen molar-refractivity contribution >= 4 is 29.2 Å². The topological polar surface area (TPSA) is 83.6 Å². The smallest absolute Gasteiger partial charge is 0.303 e. The van der Waals surface area contributed by atoms with Crippen LogP contribution in [0.4, 0.5) is 5.69 Å². The molecule has 110 valence electrons. The first-order valence-electron chi connectivity index (χ1n) is 6.40. The Balaban J connectivity index is 3.02. The van der Waals surface area contributed by atoms with Gasteiger partial charge in [-0.05, 0) is 38.5 Å². The van der Waals surface area contributed by atoms with Gasteiger partial charge in [0.15, 0.2) is 0 Å². The number of nitrogens with two attached hydrogens (primary N) is 1. The minimum absolute atomic E-state index is 0.0860. The molecule has 0 aliphatic heterocycles. The third kappa shape index (κ3) is 4.42. The summed E-state index contributed by atoms with van der Waals surface area (Å²) >= 11 is 5.89. The molecule has 3 N–H and O–H groups in total. The third-order valence-electron chi connectivity index (χ3n) is 2.95. The van der Waals surface area contributed by atoms with E-state index < -0.39 is 11.9 Å². The predicted molar refractivity (Wildman–Crippen MR) is 79.3 cm³/mol. The van der Waals surface area contributed by atoms with Crippen LogP contribution in [-0.2, 0) is 4.79 Å². The summed E-state index contributed by atoms with van der Waals surface area (Å²) in [6.45, 7) is 4.48. The van der Waals surface area contributed by atoms with Crippen molar-refractivity contribution in [2.75, 3.05) is 11.4 Å². The summed E-state index contributed by atoms with van der Waals surface area (Å²) in [5.41, 5.74) is 6.41. The van der Waals surface area contributed by atoms with Gasteiger partial charge in [0.25, 0.3) is 5.91 Å². The second kappa shape index (κ2) is 7.14. The number of carbonyl (C=O) groups excluding carboxylic acids is 1. The summed E-state index contributed by atoms with van der Waals surface area (Å²) in [5, 5.41) is 9.15.